The molecule has 2 fully saturated rings. The lowest BCUT2D eigenvalue weighted by Gasteiger charge is -2.16. The maximum atomic E-state index is 11.3. The summed E-state index contributed by atoms with van der Waals surface area (Å²) in [4.78, 5) is 22.6. The van der Waals surface area contributed by atoms with Crippen molar-refractivity contribution in [2.24, 2.45) is 10.8 Å². The molecule has 2 aliphatic rings. The third kappa shape index (κ3) is 5.44. The van der Waals surface area contributed by atoms with Crippen LogP contribution in [0.1, 0.15) is 99.3 Å². The Hall–Kier alpha value is -1.84. The van der Waals surface area contributed by atoms with Gasteiger partial charge >= 0.3 is 11.9 Å². The van der Waals surface area contributed by atoms with Crippen LogP contribution in [0.15, 0.2) is 12.1 Å². The van der Waals surface area contributed by atoms with Crippen LogP contribution in [-0.4, -0.2) is 22.2 Å². The van der Waals surface area contributed by atoms with Gasteiger partial charge in [-0.05, 0) is 100 Å². The highest BCUT2D eigenvalue weighted by Gasteiger charge is 2.49. The summed E-state index contributed by atoms with van der Waals surface area (Å²) in [6.07, 6.45) is 13.7. The molecule has 2 N–H and O–H groups in total. The third-order valence-electron chi connectivity index (χ3n) is 7.68. The molecule has 0 spiro atoms. The summed E-state index contributed by atoms with van der Waals surface area (Å²) >= 11 is 0. The molecular formula is C26H38O4. The molecule has 0 saturated heterocycles. The zero-order valence-electron chi connectivity index (χ0n) is 18.8. The predicted octanol–water partition coefficient (Wildman–Crippen LogP) is 6.24. The molecule has 2 saturated carbocycles. The van der Waals surface area contributed by atoms with Crippen molar-refractivity contribution in [2.75, 3.05) is 0 Å². The number of aliphatic carboxylic acids is 2. The Morgan fingerprint density at radius 2 is 1.07 bits per heavy atom. The minimum atomic E-state index is -0.602. The van der Waals surface area contributed by atoms with Gasteiger partial charge in [-0.2, -0.15) is 0 Å². The van der Waals surface area contributed by atoms with Gasteiger partial charge in [0, 0.05) is 0 Å². The number of hydrogen-bond donors (Lipinski definition) is 2. The summed E-state index contributed by atoms with van der Waals surface area (Å²) in [6.45, 7) is 4.40. The largest absolute Gasteiger partial charge is 0.481 e. The van der Waals surface area contributed by atoms with Crippen LogP contribution in [-0.2, 0) is 22.4 Å². The van der Waals surface area contributed by atoms with Crippen LogP contribution in [0.2, 0.25) is 0 Å². The highest BCUT2D eigenvalue weighted by molar-refractivity contribution is 5.78. The van der Waals surface area contributed by atoms with E-state index in [1.54, 1.807) is 0 Å². The van der Waals surface area contributed by atoms with Crippen molar-refractivity contribution in [3.63, 3.8) is 0 Å². The predicted molar refractivity (Wildman–Crippen MR) is 119 cm³/mol. The molecule has 0 heterocycles. The topological polar surface area (TPSA) is 74.6 Å². The van der Waals surface area contributed by atoms with Crippen molar-refractivity contribution in [1.82, 2.24) is 0 Å². The fraction of sp³-hybridized carbons (Fsp3) is 0.692. The Kier molecular flexibility index (Phi) is 7.26. The van der Waals surface area contributed by atoms with E-state index in [9.17, 15) is 19.8 Å². The number of unbranched alkanes of at least 4 members (excludes halogenated alkanes) is 4. The molecule has 2 aliphatic carbocycles. The van der Waals surface area contributed by atoms with Crippen LogP contribution >= 0.6 is 0 Å². The third-order valence-corrected chi connectivity index (χ3v) is 7.68. The van der Waals surface area contributed by atoms with Gasteiger partial charge in [0.1, 0.15) is 0 Å². The van der Waals surface area contributed by atoms with Gasteiger partial charge in [0.2, 0.25) is 0 Å². The minimum Gasteiger partial charge on any atom is -0.481 e. The molecule has 4 nitrogen and oxygen atoms in total. The van der Waals surface area contributed by atoms with Gasteiger partial charge < -0.3 is 10.2 Å². The average Bonchev–Trinajstić information content (AvgIpc) is 3.60. The van der Waals surface area contributed by atoms with Gasteiger partial charge in [-0.15, -0.1) is 0 Å². The standard InChI is InChI=1S/C26H38O4/c1-19-11-12-20(2)22(10-6-4-8-14-26(17-18-26)24(29)30)21(19)9-5-3-7-13-25(15-16-25)23(27)28/h11-12H,3-10,13-18H2,1-2H3,(H,27,28)(H,29,30). The normalized spacial score (nSPS) is 18.2. The Morgan fingerprint density at radius 1 is 0.700 bits per heavy atom. The summed E-state index contributed by atoms with van der Waals surface area (Å²) < 4.78 is 0. The van der Waals surface area contributed by atoms with E-state index in [0.29, 0.717) is 0 Å². The Bertz CT molecular complexity index is 706. The van der Waals surface area contributed by atoms with Gasteiger partial charge in [0.05, 0.1) is 10.8 Å². The first kappa shape index (κ1) is 22.8. The van der Waals surface area contributed by atoms with Crippen molar-refractivity contribution in [2.45, 2.75) is 104 Å². The first-order valence-corrected chi connectivity index (χ1v) is 11.8. The van der Waals surface area contributed by atoms with E-state index in [4.69, 9.17) is 0 Å². The maximum Gasteiger partial charge on any atom is 0.309 e. The van der Waals surface area contributed by atoms with E-state index >= 15 is 0 Å². The number of aryl methyl sites for hydroxylation is 2. The molecule has 3 rings (SSSR count). The molecule has 1 aromatic rings. The molecule has 0 aliphatic heterocycles. The molecule has 1 aromatic carbocycles. The minimum absolute atomic E-state index is 0.385. The van der Waals surface area contributed by atoms with Crippen molar-refractivity contribution in [3.05, 3.63) is 34.4 Å². The Balaban J connectivity index is 1.43. The van der Waals surface area contributed by atoms with Gasteiger partial charge in [-0.3, -0.25) is 9.59 Å². The molecule has 0 unspecified atom stereocenters. The number of rotatable bonds is 14. The second-order valence-corrected chi connectivity index (χ2v) is 9.95. The van der Waals surface area contributed by atoms with E-state index in [0.717, 1.165) is 89.9 Å². The van der Waals surface area contributed by atoms with Crippen molar-refractivity contribution < 1.29 is 19.8 Å². The highest BCUT2D eigenvalue weighted by Crippen LogP contribution is 2.50. The van der Waals surface area contributed by atoms with Crippen molar-refractivity contribution in [3.8, 4) is 0 Å². The van der Waals surface area contributed by atoms with Gasteiger partial charge in [-0.25, -0.2) is 0 Å². The number of carbonyl (C=O) groups is 2. The fourth-order valence-corrected chi connectivity index (χ4v) is 4.95. The second-order valence-electron chi connectivity index (χ2n) is 9.95. The molecule has 0 amide bonds. The van der Waals surface area contributed by atoms with E-state index in [1.807, 2.05) is 0 Å². The van der Waals surface area contributed by atoms with Crippen LogP contribution < -0.4 is 0 Å². The number of carboxylic acids is 2. The molecular weight excluding hydrogens is 376 g/mol. The van der Waals surface area contributed by atoms with Gasteiger partial charge in [0.25, 0.3) is 0 Å². The number of hydrogen-bond acceptors (Lipinski definition) is 2. The maximum absolute atomic E-state index is 11.3. The number of carboxylic acid groups (broad SMARTS) is 2. The molecule has 0 aromatic heterocycles. The van der Waals surface area contributed by atoms with E-state index < -0.39 is 11.9 Å². The smallest absolute Gasteiger partial charge is 0.309 e. The first-order valence-electron chi connectivity index (χ1n) is 11.8. The lowest BCUT2D eigenvalue weighted by atomic mass is 9.89. The van der Waals surface area contributed by atoms with E-state index in [-0.39, 0.29) is 10.8 Å². The lowest BCUT2D eigenvalue weighted by molar-refractivity contribution is -0.144. The van der Waals surface area contributed by atoms with Crippen molar-refractivity contribution >= 4 is 11.9 Å². The summed E-state index contributed by atoms with van der Waals surface area (Å²) in [5, 5.41) is 18.6. The molecule has 30 heavy (non-hydrogen) atoms. The Morgan fingerprint density at radius 3 is 1.37 bits per heavy atom. The SMILES string of the molecule is Cc1ccc(C)c(CCCCCC2(C(=O)O)CC2)c1CCCCCC1(C(=O)O)CC1. The Labute approximate surface area is 181 Å². The van der Waals surface area contributed by atoms with Gasteiger partial charge in [-0.1, -0.05) is 37.8 Å². The van der Waals surface area contributed by atoms with Crippen molar-refractivity contribution in [1.29, 1.82) is 0 Å². The summed E-state index contributed by atoms with van der Waals surface area (Å²) in [5.41, 5.74) is 4.93. The molecule has 166 valence electrons. The number of benzene rings is 1. The molecule has 0 atom stereocenters. The lowest BCUT2D eigenvalue weighted by Crippen LogP contribution is -2.14. The quantitative estimate of drug-likeness (QED) is 0.353. The molecule has 4 heteroatoms. The van der Waals surface area contributed by atoms with Crippen LogP contribution in [0.4, 0.5) is 0 Å². The molecule has 0 radical (unpaired) electrons. The zero-order valence-corrected chi connectivity index (χ0v) is 18.8. The zero-order chi connectivity index (χ0) is 21.8. The van der Waals surface area contributed by atoms with Gasteiger partial charge in [0.15, 0.2) is 0 Å². The van der Waals surface area contributed by atoms with E-state index in [1.165, 1.54) is 22.3 Å². The fourth-order valence-electron chi connectivity index (χ4n) is 4.95. The van der Waals surface area contributed by atoms with Crippen LogP contribution in [0.3, 0.4) is 0 Å². The van der Waals surface area contributed by atoms with Crippen LogP contribution in [0.25, 0.3) is 0 Å². The average molecular weight is 415 g/mol. The van der Waals surface area contributed by atoms with Crippen LogP contribution in [0, 0.1) is 24.7 Å². The summed E-state index contributed by atoms with van der Waals surface area (Å²) in [5.74, 6) is -1.20. The second kappa shape index (κ2) is 9.53. The summed E-state index contributed by atoms with van der Waals surface area (Å²) in [6, 6.07) is 4.45. The molecule has 0 bridgehead atoms. The first-order chi connectivity index (χ1) is 14.3. The highest BCUT2D eigenvalue weighted by atomic mass is 16.4. The van der Waals surface area contributed by atoms with E-state index in [2.05, 4.69) is 26.0 Å². The monoisotopic (exact) mass is 414 g/mol. The summed E-state index contributed by atoms with van der Waals surface area (Å²) in [7, 11) is 0. The van der Waals surface area contributed by atoms with Crippen LogP contribution in [0.5, 0.6) is 0 Å².